The molecule has 0 spiro atoms. The number of fused-ring (bicyclic) bond motifs is 3. The average molecular weight is 854 g/mol. The van der Waals surface area contributed by atoms with Crippen LogP contribution in [0.4, 0.5) is 11.4 Å². The van der Waals surface area contributed by atoms with Crippen LogP contribution in [0.3, 0.4) is 0 Å². The number of benzene rings is 3. The molecule has 0 bridgehead atoms. The second kappa shape index (κ2) is 8.24. The van der Waals surface area contributed by atoms with Gasteiger partial charge in [0.05, 0.1) is 28.2 Å². The third-order valence-corrected chi connectivity index (χ3v) is 9.23. The van der Waals surface area contributed by atoms with Crippen molar-refractivity contribution in [1.29, 1.82) is 0 Å². The lowest BCUT2D eigenvalue weighted by molar-refractivity contribution is 0.732. The molecule has 1 heterocycles. The Morgan fingerprint density at radius 2 is 1.16 bits per heavy atom. The predicted octanol–water partition coefficient (Wildman–Crippen LogP) is 6.42. The molecule has 0 unspecified atom stereocenters. The molecule has 0 saturated carbocycles. The second-order valence-electron chi connectivity index (χ2n) is 7.26. The first kappa shape index (κ1) is 22.1. The number of anilines is 2. The molecule has 0 radical (unpaired) electrons. The van der Waals surface area contributed by atoms with E-state index in [1.807, 2.05) is 0 Å². The highest BCUT2D eigenvalue weighted by Crippen LogP contribution is 2.55. The Kier molecular flexibility index (Phi) is 5.87. The molecular formula is C23H14I4N4. The molecule has 8 heteroatoms. The number of hydrogen-bond donors (Lipinski definition) is 2. The molecule has 0 amide bonds. The molecule has 5 rings (SSSR count). The van der Waals surface area contributed by atoms with Crippen LogP contribution in [0.15, 0.2) is 60.9 Å². The highest BCUT2D eigenvalue weighted by molar-refractivity contribution is 14.1. The summed E-state index contributed by atoms with van der Waals surface area (Å²) in [6.45, 7) is 0. The van der Waals surface area contributed by atoms with Gasteiger partial charge in [0.1, 0.15) is 0 Å². The highest BCUT2D eigenvalue weighted by Gasteiger charge is 2.49. The SMILES string of the molecule is Nc1c(I)cc(C2(c3cc(I)c(N)c(I)c3)c3ccccc3-c3nccnc32)cc1I. The van der Waals surface area contributed by atoms with Crippen molar-refractivity contribution in [3.8, 4) is 11.3 Å². The van der Waals surface area contributed by atoms with Gasteiger partial charge in [0.15, 0.2) is 0 Å². The number of rotatable bonds is 2. The van der Waals surface area contributed by atoms with Gasteiger partial charge in [-0.25, -0.2) is 0 Å². The van der Waals surface area contributed by atoms with E-state index in [0.717, 1.165) is 53.7 Å². The quantitative estimate of drug-likeness (QED) is 0.159. The van der Waals surface area contributed by atoms with E-state index in [-0.39, 0.29) is 0 Å². The molecule has 4 N–H and O–H groups in total. The van der Waals surface area contributed by atoms with Gasteiger partial charge in [-0.3, -0.25) is 9.97 Å². The van der Waals surface area contributed by atoms with Gasteiger partial charge in [-0.2, -0.15) is 0 Å². The molecule has 31 heavy (non-hydrogen) atoms. The number of aromatic nitrogens is 2. The van der Waals surface area contributed by atoms with Crippen molar-refractivity contribution < 1.29 is 0 Å². The van der Waals surface area contributed by atoms with Gasteiger partial charge in [0.2, 0.25) is 0 Å². The Morgan fingerprint density at radius 1 is 0.677 bits per heavy atom. The maximum Gasteiger partial charge on any atom is 0.0937 e. The van der Waals surface area contributed by atoms with Crippen molar-refractivity contribution in [3.05, 3.63) is 97.6 Å². The van der Waals surface area contributed by atoms with Crippen molar-refractivity contribution >= 4 is 102 Å². The number of hydrogen-bond acceptors (Lipinski definition) is 4. The highest BCUT2D eigenvalue weighted by atomic mass is 127. The van der Waals surface area contributed by atoms with E-state index >= 15 is 0 Å². The number of nitrogens with two attached hydrogens (primary N) is 2. The molecule has 3 aromatic carbocycles. The van der Waals surface area contributed by atoms with Crippen LogP contribution in [0.1, 0.15) is 22.4 Å². The lowest BCUT2D eigenvalue weighted by Gasteiger charge is -2.33. The van der Waals surface area contributed by atoms with Gasteiger partial charge in [-0.05, 0) is 131 Å². The molecule has 1 aliphatic rings. The van der Waals surface area contributed by atoms with E-state index in [9.17, 15) is 0 Å². The van der Waals surface area contributed by atoms with Crippen LogP contribution in [0.5, 0.6) is 0 Å². The molecule has 0 fully saturated rings. The minimum Gasteiger partial charge on any atom is -0.397 e. The minimum absolute atomic E-state index is 0.610. The Balaban J connectivity index is 2.00. The lowest BCUT2D eigenvalue weighted by Crippen LogP contribution is -2.30. The Bertz CT molecular complexity index is 1220. The summed E-state index contributed by atoms with van der Waals surface area (Å²) in [5.41, 5.74) is 20.0. The van der Waals surface area contributed by atoms with Crippen LogP contribution < -0.4 is 11.5 Å². The van der Waals surface area contributed by atoms with E-state index < -0.39 is 5.41 Å². The third kappa shape index (κ3) is 3.29. The Labute approximate surface area is 234 Å². The predicted molar refractivity (Wildman–Crippen MR) is 159 cm³/mol. The fourth-order valence-electron chi connectivity index (χ4n) is 4.31. The zero-order chi connectivity index (χ0) is 21.9. The van der Waals surface area contributed by atoms with Crippen molar-refractivity contribution in [2.45, 2.75) is 5.41 Å². The van der Waals surface area contributed by atoms with Crippen LogP contribution in [0.25, 0.3) is 11.3 Å². The summed E-state index contributed by atoms with van der Waals surface area (Å²) in [7, 11) is 0. The topological polar surface area (TPSA) is 77.8 Å². The van der Waals surface area contributed by atoms with Gasteiger partial charge in [-0.15, -0.1) is 0 Å². The smallest absolute Gasteiger partial charge is 0.0937 e. The maximum absolute atomic E-state index is 6.33. The molecule has 4 nitrogen and oxygen atoms in total. The zero-order valence-electron chi connectivity index (χ0n) is 15.8. The van der Waals surface area contributed by atoms with E-state index in [4.69, 9.17) is 21.4 Å². The first-order valence-electron chi connectivity index (χ1n) is 9.27. The van der Waals surface area contributed by atoms with Crippen LogP contribution in [0, 0.1) is 14.3 Å². The summed E-state index contributed by atoms with van der Waals surface area (Å²) >= 11 is 9.27. The standard InChI is InChI=1S/C23H14I4N4/c24-15-7-11(8-16(25)19(15)28)23(12-9-17(26)20(29)18(27)10-12)14-4-2-1-3-13(14)21-22(23)31-6-5-30-21/h1-10H,28-29H2. The van der Waals surface area contributed by atoms with Gasteiger partial charge in [0, 0.05) is 32.2 Å². The number of nitrogens with zero attached hydrogens (tertiary/aromatic N) is 2. The van der Waals surface area contributed by atoms with Crippen LogP contribution in [0.2, 0.25) is 0 Å². The average Bonchev–Trinajstić information content (AvgIpc) is 3.06. The van der Waals surface area contributed by atoms with Gasteiger partial charge in [0.25, 0.3) is 0 Å². The van der Waals surface area contributed by atoms with Crippen molar-refractivity contribution in [1.82, 2.24) is 9.97 Å². The monoisotopic (exact) mass is 854 g/mol. The van der Waals surface area contributed by atoms with E-state index in [2.05, 4.69) is 139 Å². The molecule has 0 aliphatic heterocycles. The maximum atomic E-state index is 6.33. The lowest BCUT2D eigenvalue weighted by atomic mass is 9.69. The second-order valence-corrected chi connectivity index (χ2v) is 11.9. The minimum atomic E-state index is -0.610. The summed E-state index contributed by atoms with van der Waals surface area (Å²) in [4.78, 5) is 9.66. The Morgan fingerprint density at radius 3 is 1.71 bits per heavy atom. The number of nitrogen functional groups attached to an aromatic ring is 2. The summed E-state index contributed by atoms with van der Waals surface area (Å²) in [5, 5.41) is 0. The van der Waals surface area contributed by atoms with E-state index in [0.29, 0.717) is 0 Å². The molecule has 0 saturated heterocycles. The van der Waals surface area contributed by atoms with Crippen LogP contribution in [-0.4, -0.2) is 9.97 Å². The van der Waals surface area contributed by atoms with Gasteiger partial charge >= 0.3 is 0 Å². The Hall–Kier alpha value is -0.740. The molecule has 1 aliphatic carbocycles. The summed E-state index contributed by atoms with van der Waals surface area (Å²) < 4.78 is 4.09. The first-order valence-corrected chi connectivity index (χ1v) is 13.6. The molecule has 154 valence electrons. The fourth-order valence-corrected chi connectivity index (χ4v) is 7.84. The largest absolute Gasteiger partial charge is 0.397 e. The van der Waals surface area contributed by atoms with Gasteiger partial charge < -0.3 is 11.5 Å². The normalized spacial score (nSPS) is 13.7. The summed E-state index contributed by atoms with van der Waals surface area (Å²) in [5.74, 6) is 0. The van der Waals surface area contributed by atoms with E-state index in [1.165, 1.54) is 5.56 Å². The zero-order valence-corrected chi connectivity index (χ0v) is 24.5. The fraction of sp³-hybridized carbons (Fsp3) is 0.0435. The van der Waals surface area contributed by atoms with Crippen molar-refractivity contribution in [3.63, 3.8) is 0 Å². The van der Waals surface area contributed by atoms with Crippen LogP contribution in [-0.2, 0) is 5.41 Å². The summed E-state index contributed by atoms with van der Waals surface area (Å²) in [6.07, 6.45) is 3.54. The van der Waals surface area contributed by atoms with Crippen molar-refractivity contribution in [2.24, 2.45) is 0 Å². The van der Waals surface area contributed by atoms with Crippen LogP contribution >= 0.6 is 90.4 Å². The van der Waals surface area contributed by atoms with Crippen molar-refractivity contribution in [2.75, 3.05) is 11.5 Å². The molecule has 0 atom stereocenters. The molecular weight excluding hydrogens is 840 g/mol. The molecule has 1 aromatic heterocycles. The number of halogens is 4. The molecule has 4 aromatic rings. The van der Waals surface area contributed by atoms with Gasteiger partial charge in [-0.1, -0.05) is 24.3 Å². The summed E-state index contributed by atoms with van der Waals surface area (Å²) in [6, 6.07) is 17.2. The third-order valence-electron chi connectivity index (χ3n) is 5.66. The van der Waals surface area contributed by atoms with E-state index in [1.54, 1.807) is 12.4 Å². The first-order chi connectivity index (χ1) is 14.9.